The lowest BCUT2D eigenvalue weighted by molar-refractivity contribution is 0.135. The van der Waals surface area contributed by atoms with Gasteiger partial charge >= 0.3 is 0 Å². The summed E-state index contributed by atoms with van der Waals surface area (Å²) in [7, 11) is 0. The maximum atomic E-state index is 2.72. The van der Waals surface area contributed by atoms with Crippen LogP contribution in [0.3, 0.4) is 0 Å². The van der Waals surface area contributed by atoms with Crippen molar-refractivity contribution in [2.24, 2.45) is 0 Å². The lowest BCUT2D eigenvalue weighted by Crippen LogP contribution is -2.39. The highest BCUT2D eigenvalue weighted by Gasteiger charge is 2.24. The summed E-state index contributed by atoms with van der Waals surface area (Å²) in [6.07, 6.45) is 55.9. The maximum absolute atomic E-state index is 2.72. The number of rotatable bonds is 37. The Morgan fingerprint density at radius 1 is 0.289 bits per heavy atom. The van der Waals surface area contributed by atoms with E-state index in [2.05, 4.69) is 43.0 Å². The van der Waals surface area contributed by atoms with Crippen LogP contribution in [-0.4, -0.2) is 29.1 Å². The molecule has 0 amide bonds. The van der Waals surface area contributed by atoms with Crippen molar-refractivity contribution in [3.63, 3.8) is 0 Å². The first kappa shape index (κ1) is 42.4. The van der Waals surface area contributed by atoms with E-state index in [0.29, 0.717) is 6.17 Å². The van der Waals surface area contributed by atoms with Crippen LogP contribution in [0.25, 0.3) is 0 Å². The molecule has 1 unspecified atom stereocenters. The fourth-order valence-electron chi connectivity index (χ4n) is 7.42. The second-order valence-corrected chi connectivity index (χ2v) is 15.0. The molecule has 1 atom stereocenters. The summed E-state index contributed by atoms with van der Waals surface area (Å²) < 4.78 is 0. The molecule has 1 aliphatic heterocycles. The molecule has 0 aromatic carbocycles. The van der Waals surface area contributed by atoms with Gasteiger partial charge in [-0.15, -0.1) is 0 Å². The molecule has 45 heavy (non-hydrogen) atoms. The molecule has 1 aliphatic rings. The lowest BCUT2D eigenvalue weighted by atomic mass is 10.0. The third kappa shape index (κ3) is 27.0. The number of hydrogen-bond donors (Lipinski definition) is 0. The van der Waals surface area contributed by atoms with E-state index in [1.807, 2.05) is 0 Å². The van der Waals surface area contributed by atoms with E-state index in [-0.39, 0.29) is 0 Å². The molecule has 2 nitrogen and oxygen atoms in total. The van der Waals surface area contributed by atoms with Crippen LogP contribution in [0.1, 0.15) is 245 Å². The molecule has 268 valence electrons. The highest BCUT2D eigenvalue weighted by molar-refractivity contribution is 4.97. The predicted molar refractivity (Wildman–Crippen MR) is 205 cm³/mol. The van der Waals surface area contributed by atoms with Crippen LogP contribution in [-0.2, 0) is 0 Å². The van der Waals surface area contributed by atoms with E-state index in [9.17, 15) is 0 Å². The Morgan fingerprint density at radius 3 is 0.778 bits per heavy atom. The Balaban J connectivity index is 2.13. The Morgan fingerprint density at radius 2 is 0.511 bits per heavy atom. The Kier molecular flexibility index (Phi) is 32.6. The van der Waals surface area contributed by atoms with Gasteiger partial charge in [0.1, 0.15) is 6.17 Å². The first-order chi connectivity index (χ1) is 22.3. The van der Waals surface area contributed by atoms with Crippen molar-refractivity contribution < 1.29 is 0 Å². The van der Waals surface area contributed by atoms with E-state index in [4.69, 9.17) is 0 Å². The highest BCUT2D eigenvalue weighted by atomic mass is 15.4. The minimum absolute atomic E-state index is 0.639. The molecular weight excluding hydrogens is 544 g/mol. The summed E-state index contributed by atoms with van der Waals surface area (Å²) in [4.78, 5) is 5.43. The van der Waals surface area contributed by atoms with Gasteiger partial charge in [-0.1, -0.05) is 220 Å². The van der Waals surface area contributed by atoms with Gasteiger partial charge in [-0.05, 0) is 25.7 Å². The summed E-state index contributed by atoms with van der Waals surface area (Å²) >= 11 is 0. The second kappa shape index (κ2) is 34.7. The molecule has 0 saturated heterocycles. The first-order valence-electron chi connectivity index (χ1n) is 21.5. The molecule has 0 spiro atoms. The van der Waals surface area contributed by atoms with Crippen molar-refractivity contribution in [1.82, 2.24) is 9.80 Å². The van der Waals surface area contributed by atoms with Crippen LogP contribution in [0.4, 0.5) is 0 Å². The van der Waals surface area contributed by atoms with Gasteiger partial charge in [0, 0.05) is 25.5 Å². The normalized spacial score (nSPS) is 14.8. The van der Waals surface area contributed by atoms with Crippen molar-refractivity contribution in [3.8, 4) is 0 Å². The van der Waals surface area contributed by atoms with Crippen LogP contribution in [0.15, 0.2) is 12.4 Å². The minimum Gasteiger partial charge on any atom is -0.356 e. The monoisotopic (exact) mass is 631 g/mol. The molecule has 0 aliphatic carbocycles. The van der Waals surface area contributed by atoms with Crippen molar-refractivity contribution in [3.05, 3.63) is 12.4 Å². The molecule has 1 heterocycles. The molecule has 1 rings (SSSR count). The highest BCUT2D eigenvalue weighted by Crippen LogP contribution is 2.24. The van der Waals surface area contributed by atoms with Gasteiger partial charge in [-0.2, -0.15) is 0 Å². The molecule has 0 aromatic rings. The van der Waals surface area contributed by atoms with E-state index >= 15 is 0 Å². The first-order valence-corrected chi connectivity index (χ1v) is 21.5. The van der Waals surface area contributed by atoms with Gasteiger partial charge in [0.05, 0.1) is 0 Å². The van der Waals surface area contributed by atoms with Gasteiger partial charge in [0.15, 0.2) is 0 Å². The average molecular weight is 631 g/mol. The van der Waals surface area contributed by atoms with Crippen LogP contribution in [0.2, 0.25) is 0 Å². The molecule has 0 bridgehead atoms. The summed E-state index contributed by atoms with van der Waals surface area (Å²) in [5.41, 5.74) is 0. The SMILES string of the molecule is CCCCCCCCCCCCCCCCCCCC1N(CCCCCCCC)C=CN1CCCCCCCCCCCCC. The third-order valence-corrected chi connectivity index (χ3v) is 10.6. The summed E-state index contributed by atoms with van der Waals surface area (Å²) in [5, 5.41) is 0. The number of unbranched alkanes of at least 4 members (excludes halogenated alkanes) is 31. The zero-order valence-electron chi connectivity index (χ0n) is 31.8. The lowest BCUT2D eigenvalue weighted by Gasteiger charge is -2.33. The van der Waals surface area contributed by atoms with Crippen molar-refractivity contribution >= 4 is 0 Å². The van der Waals surface area contributed by atoms with Crippen LogP contribution in [0, 0.1) is 0 Å². The molecule has 0 radical (unpaired) electrons. The van der Waals surface area contributed by atoms with Crippen LogP contribution in [0.5, 0.6) is 0 Å². The van der Waals surface area contributed by atoms with Gasteiger partial charge in [-0.25, -0.2) is 0 Å². The Hall–Kier alpha value is -0.660. The fraction of sp³-hybridized carbons (Fsp3) is 0.953. The predicted octanol–water partition coefficient (Wildman–Crippen LogP) is 15.1. The molecule has 0 N–H and O–H groups in total. The largest absolute Gasteiger partial charge is 0.356 e. The smallest absolute Gasteiger partial charge is 0.101 e. The van der Waals surface area contributed by atoms with E-state index < -0.39 is 0 Å². The number of hydrogen-bond acceptors (Lipinski definition) is 2. The Bertz CT molecular complexity index is 586. The molecule has 0 saturated carbocycles. The molecule has 0 aromatic heterocycles. The molecule has 2 heteroatoms. The van der Waals surface area contributed by atoms with Gasteiger partial charge < -0.3 is 9.80 Å². The quantitative estimate of drug-likeness (QED) is 0.0630. The molecule has 0 fully saturated rings. The van der Waals surface area contributed by atoms with Crippen molar-refractivity contribution in [2.75, 3.05) is 13.1 Å². The standard InChI is InChI=1S/C43H86N2/c1-4-7-10-13-16-18-20-21-22-23-24-25-26-28-30-32-35-38-43-44(39-36-33-15-12-9-6-3)41-42-45(43)40-37-34-31-29-27-19-17-14-11-8-5-2/h41-43H,4-40H2,1-3H3. The Labute approximate surface area is 286 Å². The van der Waals surface area contributed by atoms with Gasteiger partial charge in [0.25, 0.3) is 0 Å². The van der Waals surface area contributed by atoms with E-state index in [0.717, 1.165) is 0 Å². The average Bonchev–Trinajstić information content (AvgIpc) is 3.43. The van der Waals surface area contributed by atoms with Gasteiger partial charge in [0.2, 0.25) is 0 Å². The zero-order valence-corrected chi connectivity index (χ0v) is 31.8. The topological polar surface area (TPSA) is 6.48 Å². The number of nitrogens with zero attached hydrogens (tertiary/aromatic N) is 2. The summed E-state index contributed by atoms with van der Waals surface area (Å²) in [5.74, 6) is 0. The summed E-state index contributed by atoms with van der Waals surface area (Å²) in [6.45, 7) is 9.48. The summed E-state index contributed by atoms with van der Waals surface area (Å²) in [6, 6.07) is 0. The second-order valence-electron chi connectivity index (χ2n) is 15.0. The molecular formula is C43H86N2. The third-order valence-electron chi connectivity index (χ3n) is 10.6. The minimum atomic E-state index is 0.639. The zero-order chi connectivity index (χ0) is 32.3. The fourth-order valence-corrected chi connectivity index (χ4v) is 7.42. The maximum Gasteiger partial charge on any atom is 0.101 e. The van der Waals surface area contributed by atoms with Crippen LogP contribution >= 0.6 is 0 Å². The van der Waals surface area contributed by atoms with E-state index in [1.165, 1.54) is 238 Å². The van der Waals surface area contributed by atoms with Crippen molar-refractivity contribution in [2.45, 2.75) is 252 Å². The van der Waals surface area contributed by atoms with Crippen molar-refractivity contribution in [1.29, 1.82) is 0 Å². The van der Waals surface area contributed by atoms with E-state index in [1.54, 1.807) is 0 Å². The van der Waals surface area contributed by atoms with Gasteiger partial charge in [-0.3, -0.25) is 0 Å². The van der Waals surface area contributed by atoms with Crippen LogP contribution < -0.4 is 0 Å².